The monoisotopic (exact) mass is 209 g/mol. The lowest BCUT2D eigenvalue weighted by molar-refractivity contribution is 0.455. The maximum atomic E-state index is 11.7. The zero-order valence-corrected chi connectivity index (χ0v) is 8.77. The molecule has 2 rings (SSSR count). The van der Waals surface area contributed by atoms with Gasteiger partial charge in [-0.15, -0.1) is 0 Å². The molecule has 1 aromatic rings. The van der Waals surface area contributed by atoms with Gasteiger partial charge in [0.2, 0.25) is 0 Å². The van der Waals surface area contributed by atoms with E-state index in [-0.39, 0.29) is 11.2 Å². The first-order valence-corrected chi connectivity index (χ1v) is 5.15. The highest BCUT2D eigenvalue weighted by molar-refractivity contribution is 4.86. The molecule has 2 heterocycles. The van der Waals surface area contributed by atoms with E-state index < -0.39 is 0 Å². The van der Waals surface area contributed by atoms with Crippen molar-refractivity contribution in [1.82, 2.24) is 14.5 Å². The van der Waals surface area contributed by atoms with Crippen LogP contribution in [0.4, 0.5) is 0 Å². The van der Waals surface area contributed by atoms with E-state index in [0.717, 1.165) is 24.1 Å². The Bertz CT molecular complexity index is 454. The summed E-state index contributed by atoms with van der Waals surface area (Å²) in [6, 6.07) is 1.43. The molecule has 0 aliphatic carbocycles. The molecule has 0 bridgehead atoms. The van der Waals surface area contributed by atoms with E-state index in [2.05, 4.69) is 5.32 Å². The predicted molar refractivity (Wildman–Crippen MR) is 56.9 cm³/mol. The Morgan fingerprint density at radius 3 is 3.00 bits per heavy atom. The third-order valence-corrected chi connectivity index (χ3v) is 2.88. The van der Waals surface area contributed by atoms with Crippen LogP contribution >= 0.6 is 0 Å². The number of aromatic nitrogens is 2. The first-order valence-electron chi connectivity index (χ1n) is 5.15. The molecular formula is C10H15N3O2. The number of nitrogens with one attached hydrogen (secondary N) is 1. The summed E-state index contributed by atoms with van der Waals surface area (Å²) >= 11 is 0. The van der Waals surface area contributed by atoms with Gasteiger partial charge in [0.05, 0.1) is 0 Å². The fourth-order valence-corrected chi connectivity index (χ4v) is 1.90. The maximum Gasteiger partial charge on any atom is 0.330 e. The molecule has 5 nitrogen and oxygen atoms in total. The Morgan fingerprint density at radius 1 is 1.53 bits per heavy atom. The molecule has 1 aromatic heterocycles. The lowest BCUT2D eigenvalue weighted by Crippen LogP contribution is -2.38. The quantitative estimate of drug-likeness (QED) is 0.690. The summed E-state index contributed by atoms with van der Waals surface area (Å²) in [5.41, 5.74) is -0.477. The standard InChI is InChI=1S/C10H15N3O2/c1-12-9(14)3-5-13(10(12)15)7-8-2-4-11-6-8/h3,5,8,11H,2,4,6-7H2,1H3. The van der Waals surface area contributed by atoms with Crippen molar-refractivity contribution in [2.24, 2.45) is 13.0 Å². The first kappa shape index (κ1) is 10.2. The smallest absolute Gasteiger partial charge is 0.316 e. The SMILES string of the molecule is Cn1c(=O)ccn(CC2CCNC2)c1=O. The third-order valence-electron chi connectivity index (χ3n) is 2.88. The summed E-state index contributed by atoms with van der Waals surface area (Å²) in [4.78, 5) is 22.8. The van der Waals surface area contributed by atoms with E-state index in [0.29, 0.717) is 12.5 Å². The molecule has 0 aromatic carbocycles. The predicted octanol–water partition coefficient (Wildman–Crippen LogP) is -0.843. The van der Waals surface area contributed by atoms with E-state index in [1.807, 2.05) is 0 Å². The van der Waals surface area contributed by atoms with Crippen molar-refractivity contribution >= 4 is 0 Å². The van der Waals surface area contributed by atoms with Crippen LogP contribution in [-0.2, 0) is 13.6 Å². The molecule has 1 N–H and O–H groups in total. The van der Waals surface area contributed by atoms with Crippen molar-refractivity contribution in [3.63, 3.8) is 0 Å². The van der Waals surface area contributed by atoms with Gasteiger partial charge in [-0.05, 0) is 25.4 Å². The molecule has 1 saturated heterocycles. The molecule has 82 valence electrons. The maximum absolute atomic E-state index is 11.7. The van der Waals surface area contributed by atoms with Gasteiger partial charge in [-0.3, -0.25) is 9.36 Å². The van der Waals surface area contributed by atoms with Gasteiger partial charge in [0, 0.05) is 25.9 Å². The van der Waals surface area contributed by atoms with E-state index in [1.54, 1.807) is 10.8 Å². The highest BCUT2D eigenvalue weighted by atomic mass is 16.2. The van der Waals surface area contributed by atoms with E-state index in [1.165, 1.54) is 13.1 Å². The van der Waals surface area contributed by atoms with Crippen LogP contribution in [0.3, 0.4) is 0 Å². The summed E-state index contributed by atoms with van der Waals surface area (Å²) in [6.07, 6.45) is 2.68. The number of hydrogen-bond acceptors (Lipinski definition) is 3. The van der Waals surface area contributed by atoms with Crippen molar-refractivity contribution in [3.05, 3.63) is 33.1 Å². The van der Waals surface area contributed by atoms with Gasteiger partial charge < -0.3 is 9.88 Å². The summed E-state index contributed by atoms with van der Waals surface area (Å²) in [5.74, 6) is 0.500. The first-order chi connectivity index (χ1) is 7.18. The van der Waals surface area contributed by atoms with Gasteiger partial charge in [0.1, 0.15) is 0 Å². The van der Waals surface area contributed by atoms with Crippen LogP contribution in [0.1, 0.15) is 6.42 Å². The van der Waals surface area contributed by atoms with Crippen molar-refractivity contribution in [2.45, 2.75) is 13.0 Å². The minimum absolute atomic E-state index is 0.227. The molecule has 0 spiro atoms. The minimum atomic E-state index is -0.249. The highest BCUT2D eigenvalue weighted by Crippen LogP contribution is 2.08. The van der Waals surface area contributed by atoms with Crippen molar-refractivity contribution in [2.75, 3.05) is 13.1 Å². The normalized spacial score (nSPS) is 20.7. The molecule has 1 atom stereocenters. The Hall–Kier alpha value is -1.36. The summed E-state index contributed by atoms with van der Waals surface area (Å²) < 4.78 is 2.75. The van der Waals surface area contributed by atoms with E-state index in [4.69, 9.17) is 0 Å². The Morgan fingerprint density at radius 2 is 2.33 bits per heavy atom. The van der Waals surface area contributed by atoms with Gasteiger partial charge >= 0.3 is 5.69 Å². The third kappa shape index (κ3) is 2.02. The van der Waals surface area contributed by atoms with Crippen LogP contribution in [-0.4, -0.2) is 22.2 Å². The number of hydrogen-bond donors (Lipinski definition) is 1. The van der Waals surface area contributed by atoms with Crippen molar-refractivity contribution in [1.29, 1.82) is 0 Å². The molecule has 1 unspecified atom stereocenters. The van der Waals surface area contributed by atoms with Crippen molar-refractivity contribution < 1.29 is 0 Å². The summed E-state index contributed by atoms with van der Waals surface area (Å²) in [7, 11) is 1.51. The second kappa shape index (κ2) is 4.02. The topological polar surface area (TPSA) is 56.0 Å². The molecule has 1 fully saturated rings. The van der Waals surface area contributed by atoms with Crippen molar-refractivity contribution in [3.8, 4) is 0 Å². The highest BCUT2D eigenvalue weighted by Gasteiger charge is 2.15. The second-order valence-electron chi connectivity index (χ2n) is 4.01. The summed E-state index contributed by atoms with van der Waals surface area (Å²) in [5, 5.41) is 3.25. The molecule has 15 heavy (non-hydrogen) atoms. The van der Waals surface area contributed by atoms with Gasteiger partial charge in [-0.1, -0.05) is 0 Å². The Labute approximate surface area is 87.3 Å². The van der Waals surface area contributed by atoms with Crippen LogP contribution in [0.25, 0.3) is 0 Å². The average Bonchev–Trinajstić information content (AvgIpc) is 2.72. The minimum Gasteiger partial charge on any atom is -0.316 e. The average molecular weight is 209 g/mol. The molecule has 0 radical (unpaired) electrons. The van der Waals surface area contributed by atoms with Crippen LogP contribution in [0.2, 0.25) is 0 Å². The Kier molecular flexibility index (Phi) is 2.73. The zero-order chi connectivity index (χ0) is 10.8. The Balaban J connectivity index is 2.25. The largest absolute Gasteiger partial charge is 0.330 e. The molecular weight excluding hydrogens is 194 g/mol. The van der Waals surface area contributed by atoms with Gasteiger partial charge in [0.25, 0.3) is 5.56 Å². The zero-order valence-electron chi connectivity index (χ0n) is 8.77. The molecule has 1 aliphatic heterocycles. The van der Waals surface area contributed by atoms with Crippen LogP contribution < -0.4 is 16.6 Å². The fourth-order valence-electron chi connectivity index (χ4n) is 1.90. The second-order valence-corrected chi connectivity index (χ2v) is 4.01. The van der Waals surface area contributed by atoms with E-state index in [9.17, 15) is 9.59 Å². The molecule has 0 saturated carbocycles. The van der Waals surface area contributed by atoms with Gasteiger partial charge in [-0.2, -0.15) is 0 Å². The summed E-state index contributed by atoms with van der Waals surface area (Å²) in [6.45, 7) is 2.67. The van der Waals surface area contributed by atoms with Gasteiger partial charge in [-0.25, -0.2) is 4.79 Å². The number of nitrogens with zero attached hydrogens (tertiary/aromatic N) is 2. The van der Waals surface area contributed by atoms with Crippen LogP contribution in [0.5, 0.6) is 0 Å². The number of rotatable bonds is 2. The lowest BCUT2D eigenvalue weighted by Gasteiger charge is -2.11. The van der Waals surface area contributed by atoms with Crippen LogP contribution in [0.15, 0.2) is 21.9 Å². The van der Waals surface area contributed by atoms with Gasteiger partial charge in [0.15, 0.2) is 0 Å². The fraction of sp³-hybridized carbons (Fsp3) is 0.600. The molecule has 5 heteroatoms. The molecule has 0 amide bonds. The lowest BCUT2D eigenvalue weighted by atomic mass is 10.1. The molecule has 1 aliphatic rings. The van der Waals surface area contributed by atoms with E-state index >= 15 is 0 Å². The van der Waals surface area contributed by atoms with Crippen LogP contribution in [0, 0.1) is 5.92 Å².